The Balaban J connectivity index is 2.07. The van der Waals surface area contributed by atoms with Gasteiger partial charge in [0, 0.05) is 25.7 Å². The van der Waals surface area contributed by atoms with Crippen LogP contribution in [0.1, 0.15) is 22.3 Å². The van der Waals surface area contributed by atoms with Gasteiger partial charge in [0.25, 0.3) is 0 Å². The number of hydrogen-bond donors (Lipinski definition) is 1. The number of primary amides is 1. The van der Waals surface area contributed by atoms with Crippen LogP contribution < -0.4 is 15.2 Å². The van der Waals surface area contributed by atoms with Gasteiger partial charge in [-0.25, -0.2) is 0 Å². The average Bonchev–Trinajstić information content (AvgIpc) is 2.58. The summed E-state index contributed by atoms with van der Waals surface area (Å²) in [6, 6.07) is 14.8. The average molecular weight is 315 g/mol. The maximum Gasteiger partial charge on any atom is 0.248 e. The van der Waals surface area contributed by atoms with E-state index in [0.717, 1.165) is 12.0 Å². The van der Waals surface area contributed by atoms with E-state index in [9.17, 15) is 4.79 Å². The van der Waals surface area contributed by atoms with Gasteiger partial charge >= 0.3 is 0 Å². The molecule has 0 aliphatic rings. The van der Waals surface area contributed by atoms with Gasteiger partial charge < -0.3 is 19.9 Å². The van der Waals surface area contributed by atoms with Crippen molar-refractivity contribution in [1.29, 1.82) is 0 Å². The van der Waals surface area contributed by atoms with Gasteiger partial charge in [0.2, 0.25) is 5.91 Å². The number of nitrogens with two attached hydrogens (primary N) is 1. The molecule has 0 atom stereocenters. The number of amides is 1. The first-order valence-corrected chi connectivity index (χ1v) is 7.43. The van der Waals surface area contributed by atoms with E-state index in [2.05, 4.69) is 0 Å². The van der Waals surface area contributed by atoms with Crippen LogP contribution in [0.4, 0.5) is 0 Å². The minimum atomic E-state index is -0.499. The summed E-state index contributed by atoms with van der Waals surface area (Å²) in [6.45, 7) is 1.50. The quantitative estimate of drug-likeness (QED) is 0.722. The lowest BCUT2D eigenvalue weighted by Crippen LogP contribution is -2.12. The highest BCUT2D eigenvalue weighted by Gasteiger charge is 2.10. The van der Waals surface area contributed by atoms with Crippen molar-refractivity contribution in [2.45, 2.75) is 13.0 Å². The molecule has 0 radical (unpaired) electrons. The first kappa shape index (κ1) is 16.8. The molecule has 0 aromatic heterocycles. The van der Waals surface area contributed by atoms with Crippen LogP contribution in [0, 0.1) is 0 Å². The number of hydrogen-bond acceptors (Lipinski definition) is 4. The van der Waals surface area contributed by atoms with Gasteiger partial charge in [0.1, 0.15) is 6.61 Å². The molecule has 23 heavy (non-hydrogen) atoms. The monoisotopic (exact) mass is 315 g/mol. The predicted molar refractivity (Wildman–Crippen MR) is 87.7 cm³/mol. The molecule has 0 bridgehead atoms. The molecule has 122 valence electrons. The Morgan fingerprint density at radius 3 is 2.48 bits per heavy atom. The van der Waals surface area contributed by atoms with Crippen molar-refractivity contribution in [3.8, 4) is 11.5 Å². The lowest BCUT2D eigenvalue weighted by Gasteiger charge is -2.13. The van der Waals surface area contributed by atoms with Gasteiger partial charge in [-0.3, -0.25) is 4.79 Å². The predicted octanol–water partition coefficient (Wildman–Crippen LogP) is 2.78. The Labute approximate surface area is 136 Å². The van der Waals surface area contributed by atoms with Gasteiger partial charge in [-0.1, -0.05) is 30.3 Å². The van der Waals surface area contributed by atoms with E-state index in [-0.39, 0.29) is 0 Å². The number of rotatable bonds is 9. The second-order valence-corrected chi connectivity index (χ2v) is 4.99. The van der Waals surface area contributed by atoms with E-state index in [1.165, 1.54) is 0 Å². The molecule has 0 saturated carbocycles. The molecule has 0 unspecified atom stereocenters. The highest BCUT2D eigenvalue weighted by molar-refractivity contribution is 5.93. The van der Waals surface area contributed by atoms with Crippen LogP contribution in [0.15, 0.2) is 48.5 Å². The van der Waals surface area contributed by atoms with E-state index in [0.29, 0.717) is 36.9 Å². The summed E-state index contributed by atoms with van der Waals surface area (Å²) in [5.74, 6) is 0.589. The van der Waals surface area contributed by atoms with E-state index in [4.69, 9.17) is 19.9 Å². The summed E-state index contributed by atoms with van der Waals surface area (Å²) in [5, 5.41) is 0. The maximum atomic E-state index is 11.3. The Kier molecular flexibility index (Phi) is 6.44. The van der Waals surface area contributed by atoms with Crippen molar-refractivity contribution in [2.24, 2.45) is 5.73 Å². The second-order valence-electron chi connectivity index (χ2n) is 4.99. The Morgan fingerprint density at radius 1 is 1.00 bits per heavy atom. The Morgan fingerprint density at radius 2 is 1.78 bits per heavy atom. The minimum absolute atomic E-state index is 0.388. The molecule has 0 aliphatic heterocycles. The molecular formula is C18H21NO4. The number of carbonyl (C=O) groups is 1. The zero-order valence-electron chi connectivity index (χ0n) is 13.2. The Bertz CT molecular complexity index is 628. The summed E-state index contributed by atoms with van der Waals surface area (Å²) < 4.78 is 16.5. The number of carbonyl (C=O) groups excluding carboxylic acids is 1. The normalized spacial score (nSPS) is 10.3. The Hall–Kier alpha value is -2.53. The van der Waals surface area contributed by atoms with Crippen molar-refractivity contribution in [2.75, 3.05) is 20.3 Å². The van der Waals surface area contributed by atoms with Gasteiger partial charge in [-0.15, -0.1) is 0 Å². The van der Waals surface area contributed by atoms with Crippen molar-refractivity contribution >= 4 is 5.91 Å². The number of ether oxygens (including phenoxy) is 3. The fourth-order valence-electron chi connectivity index (χ4n) is 2.01. The smallest absolute Gasteiger partial charge is 0.248 e. The van der Waals surface area contributed by atoms with Crippen LogP contribution in [-0.2, 0) is 11.3 Å². The number of benzene rings is 2. The molecule has 5 heteroatoms. The SMILES string of the molecule is COCCCOc1cc(C(N)=O)ccc1OCc1ccccc1. The van der Waals surface area contributed by atoms with Crippen molar-refractivity contribution in [3.05, 3.63) is 59.7 Å². The third kappa shape index (κ3) is 5.30. The standard InChI is InChI=1S/C18H21NO4/c1-21-10-5-11-22-17-12-15(18(19)20)8-9-16(17)23-13-14-6-3-2-4-7-14/h2-4,6-9,12H,5,10-11,13H2,1H3,(H2,19,20). The molecule has 2 aromatic carbocycles. The second kappa shape index (κ2) is 8.80. The largest absolute Gasteiger partial charge is 0.490 e. The van der Waals surface area contributed by atoms with E-state index < -0.39 is 5.91 Å². The highest BCUT2D eigenvalue weighted by atomic mass is 16.5. The van der Waals surface area contributed by atoms with E-state index >= 15 is 0 Å². The molecule has 5 nitrogen and oxygen atoms in total. The van der Waals surface area contributed by atoms with Crippen LogP contribution in [0.3, 0.4) is 0 Å². The van der Waals surface area contributed by atoms with Crippen molar-refractivity contribution < 1.29 is 19.0 Å². The topological polar surface area (TPSA) is 70.8 Å². The molecule has 0 aliphatic carbocycles. The third-order valence-electron chi connectivity index (χ3n) is 3.22. The van der Waals surface area contributed by atoms with Crippen LogP contribution in [0.5, 0.6) is 11.5 Å². The van der Waals surface area contributed by atoms with Crippen LogP contribution in [0.25, 0.3) is 0 Å². The molecule has 2 aromatic rings. The maximum absolute atomic E-state index is 11.3. The van der Waals surface area contributed by atoms with Gasteiger partial charge in [-0.2, -0.15) is 0 Å². The first-order chi connectivity index (χ1) is 11.2. The lowest BCUT2D eigenvalue weighted by molar-refractivity contribution is 0.0999. The summed E-state index contributed by atoms with van der Waals surface area (Å²) >= 11 is 0. The number of methoxy groups -OCH3 is 1. The molecule has 0 fully saturated rings. The molecule has 0 spiro atoms. The summed E-state index contributed by atoms with van der Waals surface area (Å²) in [7, 11) is 1.64. The van der Waals surface area contributed by atoms with Gasteiger partial charge in [0.15, 0.2) is 11.5 Å². The van der Waals surface area contributed by atoms with Crippen molar-refractivity contribution in [3.63, 3.8) is 0 Å². The lowest BCUT2D eigenvalue weighted by atomic mass is 10.2. The van der Waals surface area contributed by atoms with E-state index in [1.54, 1.807) is 25.3 Å². The highest BCUT2D eigenvalue weighted by Crippen LogP contribution is 2.29. The molecule has 2 rings (SSSR count). The minimum Gasteiger partial charge on any atom is -0.490 e. The molecule has 1 amide bonds. The van der Waals surface area contributed by atoms with Crippen LogP contribution in [-0.4, -0.2) is 26.2 Å². The van der Waals surface area contributed by atoms with Crippen LogP contribution in [0.2, 0.25) is 0 Å². The summed E-state index contributed by atoms with van der Waals surface area (Å²) in [4.78, 5) is 11.3. The zero-order valence-corrected chi connectivity index (χ0v) is 13.2. The third-order valence-corrected chi connectivity index (χ3v) is 3.22. The van der Waals surface area contributed by atoms with Gasteiger partial charge in [-0.05, 0) is 23.8 Å². The fourth-order valence-corrected chi connectivity index (χ4v) is 2.01. The van der Waals surface area contributed by atoms with Crippen molar-refractivity contribution in [1.82, 2.24) is 0 Å². The fraction of sp³-hybridized carbons (Fsp3) is 0.278. The zero-order chi connectivity index (χ0) is 16.5. The summed E-state index contributed by atoms with van der Waals surface area (Å²) in [5.41, 5.74) is 6.76. The molecule has 2 N–H and O–H groups in total. The molecular weight excluding hydrogens is 294 g/mol. The first-order valence-electron chi connectivity index (χ1n) is 7.43. The van der Waals surface area contributed by atoms with E-state index in [1.807, 2.05) is 30.3 Å². The molecule has 0 saturated heterocycles. The van der Waals surface area contributed by atoms with Gasteiger partial charge in [0.05, 0.1) is 6.61 Å². The summed E-state index contributed by atoms with van der Waals surface area (Å²) in [6.07, 6.45) is 0.745. The van der Waals surface area contributed by atoms with Crippen LogP contribution >= 0.6 is 0 Å². The molecule has 0 heterocycles.